The molecule has 5 rings (SSSR count). The van der Waals surface area contributed by atoms with Crippen LogP contribution >= 0.6 is 0 Å². The number of carbonyl (C=O) groups is 2. The highest BCUT2D eigenvalue weighted by Crippen LogP contribution is 2.41. The van der Waals surface area contributed by atoms with Gasteiger partial charge in [0.05, 0.1) is 23.5 Å². The Bertz CT molecular complexity index is 1050. The number of nitrogens with one attached hydrogen (secondary N) is 2. The molecule has 0 aromatic carbocycles. The Kier molecular flexibility index (Phi) is 5.65. The van der Waals surface area contributed by atoms with E-state index >= 15 is 0 Å². The number of anilines is 3. The standard InChI is InChI=1S/C22H31N9O2/c1-29-13-15(11-26-29)27-20-18(19(23)32)25-12-17(28-20)30-9-2-3-16(14-30)31-10-6-22(21(31)33)4-7-24-8-5-22/h11-13,16,24H,2-10,14H2,1H3,(H2,23,32)(H,27,28). The van der Waals surface area contributed by atoms with Gasteiger partial charge in [-0.05, 0) is 45.2 Å². The van der Waals surface area contributed by atoms with E-state index in [1.807, 2.05) is 7.05 Å². The van der Waals surface area contributed by atoms with Crippen molar-refractivity contribution >= 4 is 29.1 Å². The zero-order valence-corrected chi connectivity index (χ0v) is 19.0. The van der Waals surface area contributed by atoms with Crippen LogP contribution in [-0.4, -0.2) is 75.2 Å². The summed E-state index contributed by atoms with van der Waals surface area (Å²) in [5.74, 6) is 0.650. The third-order valence-corrected chi connectivity index (χ3v) is 7.23. The second kappa shape index (κ2) is 8.62. The monoisotopic (exact) mass is 453 g/mol. The van der Waals surface area contributed by atoms with Crippen molar-refractivity contribution in [1.82, 2.24) is 30.0 Å². The third-order valence-electron chi connectivity index (χ3n) is 7.23. The molecule has 0 aliphatic carbocycles. The second-order valence-electron chi connectivity index (χ2n) is 9.34. The number of primary amides is 1. The van der Waals surface area contributed by atoms with Crippen molar-refractivity contribution in [2.24, 2.45) is 18.2 Å². The third kappa shape index (κ3) is 4.12. The average Bonchev–Trinajstić information content (AvgIpc) is 3.37. The van der Waals surface area contributed by atoms with Crippen molar-refractivity contribution in [3.63, 3.8) is 0 Å². The molecule has 33 heavy (non-hydrogen) atoms. The summed E-state index contributed by atoms with van der Waals surface area (Å²) in [6.45, 7) is 4.20. The van der Waals surface area contributed by atoms with Gasteiger partial charge in [-0.25, -0.2) is 9.97 Å². The highest BCUT2D eigenvalue weighted by Gasteiger charge is 2.49. The SMILES string of the molecule is Cn1cc(Nc2nc(N3CCCC(N4CCC5(CCNCC5)C4=O)C3)cnc2C(N)=O)cn1. The lowest BCUT2D eigenvalue weighted by molar-refractivity contribution is -0.139. The van der Waals surface area contributed by atoms with Crippen molar-refractivity contribution in [1.29, 1.82) is 0 Å². The minimum atomic E-state index is -0.646. The molecule has 11 heteroatoms. The molecular formula is C22H31N9O2. The maximum absolute atomic E-state index is 13.4. The zero-order chi connectivity index (χ0) is 23.0. The lowest BCUT2D eigenvalue weighted by atomic mass is 9.77. The Labute approximate surface area is 192 Å². The van der Waals surface area contributed by atoms with E-state index in [9.17, 15) is 9.59 Å². The molecule has 5 heterocycles. The summed E-state index contributed by atoms with van der Waals surface area (Å²) in [7, 11) is 1.81. The van der Waals surface area contributed by atoms with Gasteiger partial charge in [0.2, 0.25) is 5.91 Å². The van der Waals surface area contributed by atoms with Crippen LogP contribution in [0.3, 0.4) is 0 Å². The predicted molar refractivity (Wildman–Crippen MR) is 123 cm³/mol. The van der Waals surface area contributed by atoms with Crippen LogP contribution in [0.5, 0.6) is 0 Å². The Balaban J connectivity index is 1.34. The van der Waals surface area contributed by atoms with E-state index in [1.54, 1.807) is 23.3 Å². The molecule has 11 nitrogen and oxygen atoms in total. The molecule has 1 unspecified atom stereocenters. The van der Waals surface area contributed by atoms with Crippen molar-refractivity contribution in [2.45, 2.75) is 38.1 Å². The van der Waals surface area contributed by atoms with Gasteiger partial charge in [-0.2, -0.15) is 5.10 Å². The molecule has 0 bridgehead atoms. The first kappa shape index (κ1) is 21.6. The topological polar surface area (TPSA) is 134 Å². The van der Waals surface area contributed by atoms with Crippen molar-refractivity contribution in [2.75, 3.05) is 42.9 Å². The molecule has 0 saturated carbocycles. The maximum atomic E-state index is 13.4. The van der Waals surface area contributed by atoms with E-state index in [-0.39, 0.29) is 17.2 Å². The molecule has 176 valence electrons. The molecule has 3 saturated heterocycles. The molecule has 2 amide bonds. The fourth-order valence-electron chi connectivity index (χ4n) is 5.40. The fraction of sp³-hybridized carbons (Fsp3) is 0.591. The molecule has 2 aromatic heterocycles. The summed E-state index contributed by atoms with van der Waals surface area (Å²) in [6.07, 6.45) is 9.80. The Hall–Kier alpha value is -3.21. The molecule has 3 aliphatic rings. The number of nitrogens with zero attached hydrogens (tertiary/aromatic N) is 6. The number of piperidine rings is 2. The molecule has 1 spiro atoms. The van der Waals surface area contributed by atoms with Gasteiger partial charge in [0.25, 0.3) is 5.91 Å². The Morgan fingerprint density at radius 1 is 1.24 bits per heavy atom. The molecule has 0 radical (unpaired) electrons. The van der Waals surface area contributed by atoms with Gasteiger partial charge in [-0.15, -0.1) is 0 Å². The van der Waals surface area contributed by atoms with Crippen LogP contribution in [0.4, 0.5) is 17.3 Å². The van der Waals surface area contributed by atoms with Gasteiger partial charge >= 0.3 is 0 Å². The summed E-state index contributed by atoms with van der Waals surface area (Å²) >= 11 is 0. The van der Waals surface area contributed by atoms with E-state index in [1.165, 1.54) is 0 Å². The van der Waals surface area contributed by atoms with E-state index < -0.39 is 5.91 Å². The zero-order valence-electron chi connectivity index (χ0n) is 19.0. The minimum Gasteiger partial charge on any atom is -0.364 e. The number of aromatic nitrogens is 4. The van der Waals surface area contributed by atoms with Crippen molar-refractivity contribution < 1.29 is 9.59 Å². The number of nitrogens with two attached hydrogens (primary N) is 1. The summed E-state index contributed by atoms with van der Waals surface area (Å²) < 4.78 is 1.65. The van der Waals surface area contributed by atoms with Crippen LogP contribution in [0.2, 0.25) is 0 Å². The van der Waals surface area contributed by atoms with Crippen LogP contribution in [0.1, 0.15) is 42.6 Å². The van der Waals surface area contributed by atoms with Crippen LogP contribution in [0, 0.1) is 5.41 Å². The van der Waals surface area contributed by atoms with Gasteiger partial charge in [0, 0.05) is 38.9 Å². The van der Waals surface area contributed by atoms with Crippen LogP contribution in [-0.2, 0) is 11.8 Å². The molecule has 4 N–H and O–H groups in total. The molecule has 2 aromatic rings. The smallest absolute Gasteiger partial charge is 0.271 e. The lowest BCUT2D eigenvalue weighted by Gasteiger charge is -2.39. The summed E-state index contributed by atoms with van der Waals surface area (Å²) in [6, 6.07) is 0.160. The van der Waals surface area contributed by atoms with E-state index in [2.05, 4.69) is 35.5 Å². The van der Waals surface area contributed by atoms with Gasteiger partial charge < -0.3 is 26.2 Å². The van der Waals surface area contributed by atoms with Crippen LogP contribution in [0.15, 0.2) is 18.6 Å². The molecule has 3 aliphatic heterocycles. The van der Waals surface area contributed by atoms with Crippen molar-refractivity contribution in [3.05, 3.63) is 24.3 Å². The first-order valence-corrected chi connectivity index (χ1v) is 11.6. The van der Waals surface area contributed by atoms with E-state index in [0.29, 0.717) is 29.8 Å². The number of aryl methyl sites for hydroxylation is 1. The summed E-state index contributed by atoms with van der Waals surface area (Å²) in [5, 5.41) is 10.6. The first-order chi connectivity index (χ1) is 15.9. The van der Waals surface area contributed by atoms with E-state index in [0.717, 1.165) is 58.3 Å². The van der Waals surface area contributed by atoms with Crippen LogP contribution in [0.25, 0.3) is 0 Å². The van der Waals surface area contributed by atoms with Gasteiger partial charge in [0.15, 0.2) is 11.5 Å². The fourth-order valence-corrected chi connectivity index (χ4v) is 5.40. The quantitative estimate of drug-likeness (QED) is 0.600. The number of hydrogen-bond donors (Lipinski definition) is 3. The second-order valence-corrected chi connectivity index (χ2v) is 9.34. The number of amides is 2. The largest absolute Gasteiger partial charge is 0.364 e. The van der Waals surface area contributed by atoms with Gasteiger partial charge in [-0.1, -0.05) is 0 Å². The summed E-state index contributed by atoms with van der Waals surface area (Å²) in [5.41, 5.74) is 6.13. The normalized spacial score (nSPS) is 22.7. The van der Waals surface area contributed by atoms with Gasteiger partial charge in [-0.3, -0.25) is 14.3 Å². The lowest BCUT2D eigenvalue weighted by Crippen LogP contribution is -2.51. The summed E-state index contributed by atoms with van der Waals surface area (Å²) in [4.78, 5) is 38.6. The highest BCUT2D eigenvalue weighted by molar-refractivity contribution is 5.96. The number of hydrogen-bond acceptors (Lipinski definition) is 8. The highest BCUT2D eigenvalue weighted by atomic mass is 16.2. The maximum Gasteiger partial charge on any atom is 0.271 e. The molecule has 1 atom stereocenters. The molecular weight excluding hydrogens is 422 g/mol. The molecule has 3 fully saturated rings. The Morgan fingerprint density at radius 3 is 2.79 bits per heavy atom. The number of carbonyl (C=O) groups excluding carboxylic acids is 2. The van der Waals surface area contributed by atoms with Crippen molar-refractivity contribution in [3.8, 4) is 0 Å². The van der Waals surface area contributed by atoms with E-state index in [4.69, 9.17) is 5.73 Å². The van der Waals surface area contributed by atoms with Crippen LogP contribution < -0.4 is 21.3 Å². The number of rotatable bonds is 5. The van der Waals surface area contributed by atoms with Gasteiger partial charge in [0.1, 0.15) is 5.82 Å². The number of likely N-dealkylation sites (tertiary alicyclic amines) is 1. The minimum absolute atomic E-state index is 0.0822. The Morgan fingerprint density at radius 2 is 2.06 bits per heavy atom. The predicted octanol–water partition coefficient (Wildman–Crippen LogP) is 0.624. The average molecular weight is 454 g/mol. The first-order valence-electron chi connectivity index (χ1n) is 11.6.